The van der Waals surface area contributed by atoms with E-state index in [0.29, 0.717) is 0 Å². The van der Waals surface area contributed by atoms with Crippen LogP contribution in [0.1, 0.15) is 25.8 Å². The van der Waals surface area contributed by atoms with Crippen molar-refractivity contribution >= 4 is 17.6 Å². The van der Waals surface area contributed by atoms with Crippen LogP contribution in [0.2, 0.25) is 0 Å². The smallest absolute Gasteiger partial charge is 0.133 e. The summed E-state index contributed by atoms with van der Waals surface area (Å²) in [5, 5.41) is 6.49. The fraction of sp³-hybridized carbons (Fsp3) is 0.316. The fourth-order valence-electron chi connectivity index (χ4n) is 2.53. The molecule has 3 N–H and O–H groups in total. The van der Waals surface area contributed by atoms with E-state index in [0.717, 1.165) is 17.9 Å². The maximum Gasteiger partial charge on any atom is 0.133 e. The van der Waals surface area contributed by atoms with E-state index < -0.39 is 0 Å². The normalized spacial score (nSPS) is 11.7. The molecule has 0 radical (unpaired) electrons. The van der Waals surface area contributed by atoms with Gasteiger partial charge in [-0.15, -0.1) is 0 Å². The monoisotopic (exact) mass is 312 g/mol. The van der Waals surface area contributed by atoms with Crippen molar-refractivity contribution in [3.8, 4) is 5.75 Å². The first kappa shape index (κ1) is 17.0. The summed E-state index contributed by atoms with van der Waals surface area (Å²) in [5.74, 6) is 0.841. The lowest BCUT2D eigenvalue weighted by Gasteiger charge is -2.24. The molecule has 0 aliphatic carbocycles. The number of methoxy groups -OCH3 is 1. The van der Waals surface area contributed by atoms with Gasteiger partial charge in [-0.25, -0.2) is 0 Å². The van der Waals surface area contributed by atoms with Gasteiger partial charge in [-0.3, -0.25) is 5.43 Å². The first-order chi connectivity index (χ1) is 11.1. The van der Waals surface area contributed by atoms with Gasteiger partial charge in [0.2, 0.25) is 0 Å². The minimum atomic E-state index is 0.0359. The van der Waals surface area contributed by atoms with Crippen molar-refractivity contribution in [2.45, 2.75) is 25.7 Å². The second-order valence-corrected chi connectivity index (χ2v) is 6.12. The molecule has 0 atom stereocenters. The van der Waals surface area contributed by atoms with Crippen molar-refractivity contribution in [3.05, 3.63) is 54.1 Å². The van der Waals surface area contributed by atoms with Crippen molar-refractivity contribution in [3.63, 3.8) is 0 Å². The van der Waals surface area contributed by atoms with E-state index in [2.05, 4.69) is 61.0 Å². The van der Waals surface area contributed by atoms with Gasteiger partial charge in [0, 0.05) is 17.2 Å². The average molecular weight is 312 g/mol. The van der Waals surface area contributed by atoms with Gasteiger partial charge in [-0.2, -0.15) is 5.10 Å². The van der Waals surface area contributed by atoms with Crippen molar-refractivity contribution in [1.29, 1.82) is 0 Å². The number of anilines is 1. The number of rotatable bonds is 7. The van der Waals surface area contributed by atoms with Crippen LogP contribution in [0, 0.1) is 0 Å². The first-order valence-electron chi connectivity index (χ1n) is 7.87. The zero-order chi connectivity index (χ0) is 16.7. The lowest BCUT2D eigenvalue weighted by atomic mass is 9.81. The molecule has 2 rings (SSSR count). The number of hydrazone groups is 1. The van der Waals surface area contributed by atoms with E-state index in [1.165, 1.54) is 11.3 Å². The van der Waals surface area contributed by atoms with Crippen molar-refractivity contribution in [2.75, 3.05) is 19.6 Å². The summed E-state index contributed by atoms with van der Waals surface area (Å²) in [4.78, 5) is 0. The molecule has 23 heavy (non-hydrogen) atoms. The van der Waals surface area contributed by atoms with Crippen LogP contribution in [-0.2, 0) is 5.41 Å². The Hall–Kier alpha value is -2.33. The zero-order valence-corrected chi connectivity index (χ0v) is 14.3. The zero-order valence-electron chi connectivity index (χ0n) is 14.3. The molecule has 0 aliphatic heterocycles. The van der Waals surface area contributed by atoms with E-state index in [1.807, 2.05) is 30.5 Å². The van der Waals surface area contributed by atoms with Gasteiger partial charge in [0.1, 0.15) is 11.4 Å². The number of para-hydroxylation sites is 1. The second-order valence-electron chi connectivity index (χ2n) is 6.12. The quantitative estimate of drug-likeness (QED) is 0.468. The number of benzene rings is 2. The van der Waals surface area contributed by atoms with Gasteiger partial charge in [-0.05, 0) is 36.8 Å². The number of nitrogens with two attached hydrogens (primary N) is 1. The largest absolute Gasteiger partial charge is 0.497 e. The summed E-state index contributed by atoms with van der Waals surface area (Å²) >= 11 is 0. The molecule has 0 amide bonds. The Labute approximate surface area is 138 Å². The molecule has 0 saturated heterocycles. The van der Waals surface area contributed by atoms with Crippen LogP contribution in [0.15, 0.2) is 53.6 Å². The summed E-state index contributed by atoms with van der Waals surface area (Å²) in [6.45, 7) is 4.49. The summed E-state index contributed by atoms with van der Waals surface area (Å²) < 4.78 is 5.14. The minimum absolute atomic E-state index is 0.0359. The van der Waals surface area contributed by atoms with E-state index >= 15 is 0 Å². The molecule has 122 valence electrons. The molecule has 2 aromatic rings. The third-order valence-corrected chi connectivity index (χ3v) is 3.98. The number of nitrogens with zero attached hydrogens (tertiary/aromatic N) is 1. The molecular formula is C19H26N3O+. The van der Waals surface area contributed by atoms with Crippen LogP contribution >= 0.6 is 0 Å². The molecule has 0 fully saturated rings. The first-order valence-corrected chi connectivity index (χ1v) is 7.87. The van der Waals surface area contributed by atoms with Gasteiger partial charge in [0.25, 0.3) is 0 Å². The Balaban J connectivity index is 1.97. The van der Waals surface area contributed by atoms with Gasteiger partial charge >= 0.3 is 0 Å². The van der Waals surface area contributed by atoms with Gasteiger partial charge in [0.05, 0.1) is 19.8 Å². The summed E-state index contributed by atoms with van der Waals surface area (Å²) in [7, 11) is 3.74. The Morgan fingerprint density at radius 1 is 1.13 bits per heavy atom. The van der Waals surface area contributed by atoms with Crippen LogP contribution in [0.4, 0.5) is 11.4 Å². The maximum atomic E-state index is 5.14. The summed E-state index contributed by atoms with van der Waals surface area (Å²) in [6, 6.07) is 16.2. The van der Waals surface area contributed by atoms with E-state index in [1.54, 1.807) is 7.11 Å². The second kappa shape index (κ2) is 7.79. The Kier molecular flexibility index (Phi) is 5.77. The van der Waals surface area contributed by atoms with Crippen molar-refractivity contribution in [2.24, 2.45) is 5.10 Å². The number of hydrogen-bond acceptors (Lipinski definition) is 3. The van der Waals surface area contributed by atoms with Crippen LogP contribution in [0.5, 0.6) is 5.75 Å². The van der Waals surface area contributed by atoms with E-state index in [4.69, 9.17) is 4.74 Å². The highest BCUT2D eigenvalue weighted by atomic mass is 16.5. The predicted molar refractivity (Wildman–Crippen MR) is 96.7 cm³/mol. The van der Waals surface area contributed by atoms with Gasteiger partial charge in [-0.1, -0.05) is 32.0 Å². The van der Waals surface area contributed by atoms with E-state index in [-0.39, 0.29) is 5.41 Å². The number of quaternary nitrogens is 1. The van der Waals surface area contributed by atoms with E-state index in [9.17, 15) is 0 Å². The molecule has 0 saturated carbocycles. The predicted octanol–water partition coefficient (Wildman–Crippen LogP) is 3.29. The SMILES string of the molecule is C[NH2+]c1ccccc1C(C)(C)C/C=N/Nc1ccc(OC)cc1. The van der Waals surface area contributed by atoms with Crippen molar-refractivity contribution < 1.29 is 10.1 Å². The van der Waals surface area contributed by atoms with Crippen LogP contribution < -0.4 is 15.5 Å². The molecule has 0 bridgehead atoms. The topological polar surface area (TPSA) is 50.2 Å². The lowest BCUT2D eigenvalue weighted by molar-refractivity contribution is -0.540. The highest BCUT2D eigenvalue weighted by Crippen LogP contribution is 2.29. The molecule has 4 heteroatoms. The Morgan fingerprint density at radius 2 is 1.83 bits per heavy atom. The summed E-state index contributed by atoms with van der Waals surface area (Å²) in [6.07, 6.45) is 2.80. The standard InChI is InChI=1S/C19H25N3O/c1-19(2,17-7-5-6-8-18(17)20-3)13-14-21-22-15-9-11-16(23-4)12-10-15/h5-12,14,20,22H,13H2,1-4H3/p+1/b21-14+. The summed E-state index contributed by atoms with van der Waals surface area (Å²) in [5.41, 5.74) is 6.67. The molecule has 0 unspecified atom stereocenters. The molecule has 0 spiro atoms. The fourth-order valence-corrected chi connectivity index (χ4v) is 2.53. The highest BCUT2D eigenvalue weighted by molar-refractivity contribution is 5.63. The number of ether oxygens (including phenoxy) is 1. The maximum absolute atomic E-state index is 5.14. The minimum Gasteiger partial charge on any atom is -0.497 e. The molecule has 2 aromatic carbocycles. The third-order valence-electron chi connectivity index (χ3n) is 3.98. The third kappa shape index (κ3) is 4.57. The number of hydrogen-bond donors (Lipinski definition) is 2. The van der Waals surface area contributed by atoms with Crippen LogP contribution in [0.3, 0.4) is 0 Å². The molecule has 0 aliphatic rings. The molecule has 0 heterocycles. The Morgan fingerprint density at radius 3 is 2.48 bits per heavy atom. The number of nitrogens with one attached hydrogen (secondary N) is 1. The molecule has 0 aromatic heterocycles. The highest BCUT2D eigenvalue weighted by Gasteiger charge is 2.23. The average Bonchev–Trinajstić information content (AvgIpc) is 2.59. The van der Waals surface area contributed by atoms with Crippen LogP contribution in [0.25, 0.3) is 0 Å². The van der Waals surface area contributed by atoms with Gasteiger partial charge < -0.3 is 10.1 Å². The Bertz CT molecular complexity index is 648. The van der Waals surface area contributed by atoms with Crippen LogP contribution in [-0.4, -0.2) is 20.4 Å². The van der Waals surface area contributed by atoms with Crippen molar-refractivity contribution in [1.82, 2.24) is 0 Å². The van der Waals surface area contributed by atoms with Gasteiger partial charge in [0.15, 0.2) is 0 Å². The molecular weight excluding hydrogens is 286 g/mol. The lowest BCUT2D eigenvalue weighted by Crippen LogP contribution is -2.73. The molecule has 4 nitrogen and oxygen atoms in total.